The van der Waals surface area contributed by atoms with Crippen LogP contribution in [0.3, 0.4) is 0 Å². The van der Waals surface area contributed by atoms with E-state index in [-0.39, 0.29) is 6.04 Å². The molecule has 4 nitrogen and oxygen atoms in total. The Labute approximate surface area is 116 Å². The molecule has 2 atom stereocenters. The first-order chi connectivity index (χ1) is 9.22. The first-order valence-corrected chi connectivity index (χ1v) is 7.17. The van der Waals surface area contributed by atoms with Crippen molar-refractivity contribution in [1.82, 2.24) is 15.2 Å². The van der Waals surface area contributed by atoms with E-state index in [0.717, 1.165) is 18.1 Å². The highest BCUT2D eigenvalue weighted by Crippen LogP contribution is 2.23. The number of aromatic nitrogens is 1. The molecular weight excluding hydrogens is 238 g/mol. The van der Waals surface area contributed by atoms with Crippen molar-refractivity contribution >= 4 is 0 Å². The lowest BCUT2D eigenvalue weighted by Crippen LogP contribution is -2.40. The van der Waals surface area contributed by atoms with Crippen LogP contribution in [0.15, 0.2) is 18.3 Å². The molecule has 0 aliphatic carbocycles. The van der Waals surface area contributed by atoms with Gasteiger partial charge in [0.1, 0.15) is 6.61 Å². The molecule has 0 bridgehead atoms. The molecule has 0 aromatic carbocycles. The molecule has 0 radical (unpaired) electrons. The monoisotopic (exact) mass is 263 g/mol. The van der Waals surface area contributed by atoms with E-state index < -0.39 is 0 Å². The van der Waals surface area contributed by atoms with Crippen LogP contribution in [0.4, 0.5) is 0 Å². The molecule has 2 rings (SSSR count). The third-order valence-corrected chi connectivity index (χ3v) is 4.03. The van der Waals surface area contributed by atoms with Crippen LogP contribution >= 0.6 is 0 Å². The Bertz CT molecular complexity index is 397. The average molecular weight is 263 g/mol. The summed E-state index contributed by atoms with van der Waals surface area (Å²) >= 11 is 0. The van der Waals surface area contributed by atoms with Crippen LogP contribution in [-0.2, 0) is 0 Å². The van der Waals surface area contributed by atoms with Gasteiger partial charge in [-0.2, -0.15) is 0 Å². The number of likely N-dealkylation sites (tertiary alicyclic amines) is 1. The highest BCUT2D eigenvalue weighted by Gasteiger charge is 2.20. The lowest BCUT2D eigenvalue weighted by Gasteiger charge is -2.32. The minimum atomic E-state index is 0.257. The first kappa shape index (κ1) is 14.3. The maximum atomic E-state index is 5.98. The summed E-state index contributed by atoms with van der Waals surface area (Å²) in [5.41, 5.74) is 1.13. The summed E-state index contributed by atoms with van der Waals surface area (Å²) in [7, 11) is 4.14. The zero-order valence-corrected chi connectivity index (χ0v) is 12.2. The van der Waals surface area contributed by atoms with E-state index in [1.165, 1.54) is 25.8 Å². The fourth-order valence-electron chi connectivity index (χ4n) is 2.54. The number of likely N-dealkylation sites (N-methyl/N-ethyl adjacent to an activating group) is 1. The largest absolute Gasteiger partial charge is 0.476 e. The highest BCUT2D eigenvalue weighted by molar-refractivity contribution is 5.28. The van der Waals surface area contributed by atoms with Gasteiger partial charge in [0, 0.05) is 23.8 Å². The molecule has 0 amide bonds. The van der Waals surface area contributed by atoms with Crippen molar-refractivity contribution in [2.24, 2.45) is 0 Å². The van der Waals surface area contributed by atoms with E-state index in [1.54, 1.807) is 6.20 Å². The van der Waals surface area contributed by atoms with Gasteiger partial charge in [0.2, 0.25) is 5.88 Å². The van der Waals surface area contributed by atoms with E-state index in [1.807, 2.05) is 13.1 Å². The molecule has 106 valence electrons. The van der Waals surface area contributed by atoms with Crippen LogP contribution in [0.5, 0.6) is 5.88 Å². The maximum Gasteiger partial charge on any atom is 0.218 e. The molecule has 0 saturated carbocycles. The molecule has 2 heterocycles. The molecular formula is C15H25N3O. The van der Waals surface area contributed by atoms with Crippen molar-refractivity contribution in [1.29, 1.82) is 0 Å². The Morgan fingerprint density at radius 3 is 3.11 bits per heavy atom. The van der Waals surface area contributed by atoms with Gasteiger partial charge in [0.05, 0.1) is 0 Å². The maximum absolute atomic E-state index is 5.98. The van der Waals surface area contributed by atoms with Crippen LogP contribution in [0.1, 0.15) is 37.8 Å². The van der Waals surface area contributed by atoms with Crippen LogP contribution in [-0.4, -0.2) is 43.2 Å². The fourth-order valence-corrected chi connectivity index (χ4v) is 2.54. The summed E-state index contributed by atoms with van der Waals surface area (Å²) in [5.74, 6) is 0.767. The summed E-state index contributed by atoms with van der Waals surface area (Å²) in [6, 6.07) is 4.82. The van der Waals surface area contributed by atoms with E-state index in [9.17, 15) is 0 Å². The summed E-state index contributed by atoms with van der Waals surface area (Å²) < 4.78 is 5.98. The Kier molecular flexibility index (Phi) is 5.16. The standard InChI is InChI=1S/C15H25N3O/c1-12(16-2)14-8-6-9-17-15(14)19-11-13-7-4-5-10-18(13)3/h6,8-9,12-13,16H,4-5,7,10-11H2,1-3H3. The number of hydrogen-bond donors (Lipinski definition) is 1. The third kappa shape index (κ3) is 3.67. The topological polar surface area (TPSA) is 37.4 Å². The van der Waals surface area contributed by atoms with Gasteiger partial charge in [0.25, 0.3) is 0 Å². The zero-order valence-electron chi connectivity index (χ0n) is 12.2. The number of ether oxygens (including phenoxy) is 1. The van der Waals surface area contributed by atoms with Gasteiger partial charge in [-0.3, -0.25) is 0 Å². The minimum Gasteiger partial charge on any atom is -0.476 e. The quantitative estimate of drug-likeness (QED) is 0.884. The molecule has 1 saturated heterocycles. The zero-order chi connectivity index (χ0) is 13.7. The third-order valence-electron chi connectivity index (χ3n) is 4.03. The molecule has 2 unspecified atom stereocenters. The summed E-state index contributed by atoms with van der Waals surface area (Å²) in [4.78, 5) is 6.77. The molecule has 1 aromatic rings. The predicted octanol–water partition coefficient (Wildman–Crippen LogP) is 2.23. The lowest BCUT2D eigenvalue weighted by molar-refractivity contribution is 0.121. The Balaban J connectivity index is 1.98. The molecule has 19 heavy (non-hydrogen) atoms. The molecule has 1 aromatic heterocycles. The first-order valence-electron chi connectivity index (χ1n) is 7.17. The van der Waals surface area contributed by atoms with Gasteiger partial charge < -0.3 is 15.0 Å². The molecule has 4 heteroatoms. The van der Waals surface area contributed by atoms with Gasteiger partial charge in [-0.05, 0) is 46.5 Å². The summed E-state index contributed by atoms with van der Waals surface area (Å²) in [6.45, 7) is 4.03. The van der Waals surface area contributed by atoms with Crippen molar-refractivity contribution in [3.8, 4) is 5.88 Å². The van der Waals surface area contributed by atoms with Gasteiger partial charge in [0.15, 0.2) is 0 Å². The van der Waals surface area contributed by atoms with Crippen molar-refractivity contribution in [2.45, 2.75) is 38.3 Å². The lowest BCUT2D eigenvalue weighted by atomic mass is 10.0. The van der Waals surface area contributed by atoms with Crippen LogP contribution in [0, 0.1) is 0 Å². The molecule has 1 N–H and O–H groups in total. The average Bonchev–Trinajstić information content (AvgIpc) is 2.46. The number of rotatable bonds is 5. The van der Waals surface area contributed by atoms with Crippen molar-refractivity contribution in [2.75, 3.05) is 27.2 Å². The van der Waals surface area contributed by atoms with Crippen LogP contribution in [0.25, 0.3) is 0 Å². The Hall–Kier alpha value is -1.13. The second-order valence-corrected chi connectivity index (χ2v) is 5.35. The number of nitrogens with one attached hydrogen (secondary N) is 1. The second-order valence-electron chi connectivity index (χ2n) is 5.35. The number of hydrogen-bond acceptors (Lipinski definition) is 4. The molecule has 1 aliphatic rings. The molecule has 1 aliphatic heterocycles. The minimum absolute atomic E-state index is 0.257. The van der Waals surface area contributed by atoms with Gasteiger partial charge >= 0.3 is 0 Å². The number of nitrogens with zero attached hydrogens (tertiary/aromatic N) is 2. The van der Waals surface area contributed by atoms with Gasteiger partial charge in [-0.1, -0.05) is 12.5 Å². The van der Waals surface area contributed by atoms with Gasteiger partial charge in [-0.25, -0.2) is 4.98 Å². The van der Waals surface area contributed by atoms with Gasteiger partial charge in [-0.15, -0.1) is 0 Å². The highest BCUT2D eigenvalue weighted by atomic mass is 16.5. The normalized spacial score (nSPS) is 22.2. The van der Waals surface area contributed by atoms with Crippen LogP contribution < -0.4 is 10.1 Å². The second kappa shape index (κ2) is 6.87. The Morgan fingerprint density at radius 2 is 2.37 bits per heavy atom. The molecule has 1 fully saturated rings. The summed E-state index contributed by atoms with van der Waals surface area (Å²) in [6.07, 6.45) is 5.63. The summed E-state index contributed by atoms with van der Waals surface area (Å²) in [5, 5.41) is 3.24. The Morgan fingerprint density at radius 1 is 1.53 bits per heavy atom. The van der Waals surface area contributed by atoms with Crippen molar-refractivity contribution in [3.05, 3.63) is 23.9 Å². The smallest absolute Gasteiger partial charge is 0.218 e. The SMILES string of the molecule is CNC(C)c1cccnc1OCC1CCCCN1C. The molecule has 0 spiro atoms. The number of piperidine rings is 1. The van der Waals surface area contributed by atoms with E-state index in [2.05, 4.69) is 35.2 Å². The van der Waals surface area contributed by atoms with Crippen molar-refractivity contribution < 1.29 is 4.74 Å². The van der Waals surface area contributed by atoms with E-state index >= 15 is 0 Å². The number of pyridine rings is 1. The fraction of sp³-hybridized carbons (Fsp3) is 0.667. The predicted molar refractivity (Wildman–Crippen MR) is 77.5 cm³/mol. The van der Waals surface area contributed by atoms with Crippen LogP contribution in [0.2, 0.25) is 0 Å². The van der Waals surface area contributed by atoms with E-state index in [0.29, 0.717) is 6.04 Å². The van der Waals surface area contributed by atoms with Crippen molar-refractivity contribution in [3.63, 3.8) is 0 Å². The van der Waals surface area contributed by atoms with E-state index in [4.69, 9.17) is 4.74 Å².